The molecule has 0 heterocycles. The molecule has 0 bridgehead atoms. The molecule has 0 aromatic heterocycles. The monoisotopic (exact) mass is 600 g/mol. The first kappa shape index (κ1) is 35.8. The maximum Gasteiger partial charge on any atom is 0.192 e. The minimum atomic E-state index is -2.03. The number of rotatable bonds is 18. The number of carbonyl (C=O) groups excluding carboxylic acids is 2. The number of carbonyl (C=O) groups is 2. The predicted octanol–water partition coefficient (Wildman–Crippen LogP) is 6.90. The Morgan fingerprint density at radius 1 is 0.881 bits per heavy atom. The van der Waals surface area contributed by atoms with E-state index in [1.54, 1.807) is 7.11 Å². The standard InChI is InChI=1S/C34H52O7Si/c1-25(39-22-26-13-11-10-12-14-26)31(40-23-27-15-17-30(38-7)18-16-27)20-28(35)19-29(36)21-32(37)34(5,6)24-41-42(8,9)33(2,3)4/h10-18,25,28,31,35H,19-24H2,1-9H3/t25-,28?,31?/m0/s1. The van der Waals surface area contributed by atoms with Gasteiger partial charge in [-0.25, -0.2) is 0 Å². The van der Waals surface area contributed by atoms with Crippen LogP contribution in [-0.2, 0) is 36.7 Å². The summed E-state index contributed by atoms with van der Waals surface area (Å²) >= 11 is 0. The molecular formula is C34H52O7Si. The summed E-state index contributed by atoms with van der Waals surface area (Å²) in [5.41, 5.74) is 1.20. The zero-order valence-electron chi connectivity index (χ0n) is 27.1. The van der Waals surface area contributed by atoms with Crippen molar-refractivity contribution in [3.05, 3.63) is 65.7 Å². The van der Waals surface area contributed by atoms with Crippen molar-refractivity contribution in [3.63, 3.8) is 0 Å². The Bertz CT molecular complexity index is 1110. The maximum atomic E-state index is 13.1. The molecule has 42 heavy (non-hydrogen) atoms. The summed E-state index contributed by atoms with van der Waals surface area (Å²) < 4.78 is 23.8. The molecule has 0 radical (unpaired) electrons. The highest BCUT2D eigenvalue weighted by atomic mass is 28.4. The summed E-state index contributed by atoms with van der Waals surface area (Å²) in [7, 11) is -0.413. The van der Waals surface area contributed by atoms with E-state index < -0.39 is 25.9 Å². The molecule has 7 nitrogen and oxygen atoms in total. The molecule has 0 spiro atoms. The molecule has 0 saturated carbocycles. The van der Waals surface area contributed by atoms with Crippen molar-refractivity contribution in [1.29, 1.82) is 0 Å². The summed E-state index contributed by atoms with van der Waals surface area (Å²) in [6, 6.07) is 17.4. The van der Waals surface area contributed by atoms with Gasteiger partial charge in [0.25, 0.3) is 0 Å². The molecule has 3 atom stereocenters. The molecule has 1 N–H and O–H groups in total. The second kappa shape index (κ2) is 15.9. The predicted molar refractivity (Wildman–Crippen MR) is 169 cm³/mol. The van der Waals surface area contributed by atoms with Gasteiger partial charge in [0, 0.05) is 24.9 Å². The van der Waals surface area contributed by atoms with E-state index in [9.17, 15) is 14.7 Å². The van der Waals surface area contributed by atoms with Crippen LogP contribution in [0.15, 0.2) is 54.6 Å². The number of benzene rings is 2. The highest BCUT2D eigenvalue weighted by Gasteiger charge is 2.40. The van der Waals surface area contributed by atoms with Gasteiger partial charge in [-0.15, -0.1) is 0 Å². The lowest BCUT2D eigenvalue weighted by Gasteiger charge is -2.38. The van der Waals surface area contributed by atoms with Crippen molar-refractivity contribution >= 4 is 19.9 Å². The molecular weight excluding hydrogens is 548 g/mol. The summed E-state index contributed by atoms with van der Waals surface area (Å²) in [5.74, 6) is 0.290. The van der Waals surface area contributed by atoms with E-state index in [0.29, 0.717) is 13.2 Å². The van der Waals surface area contributed by atoms with Gasteiger partial charge in [0.05, 0.1) is 45.1 Å². The van der Waals surface area contributed by atoms with Gasteiger partial charge in [0.15, 0.2) is 8.32 Å². The average Bonchev–Trinajstić information content (AvgIpc) is 2.93. The molecule has 2 unspecified atom stereocenters. The van der Waals surface area contributed by atoms with Crippen molar-refractivity contribution in [2.45, 2.75) is 110 Å². The summed E-state index contributed by atoms with van der Waals surface area (Å²) in [6.07, 6.45) is -1.95. The minimum absolute atomic E-state index is 0.0278. The summed E-state index contributed by atoms with van der Waals surface area (Å²) in [4.78, 5) is 25.9. The number of Topliss-reactive ketones (excluding diaryl/α,β-unsaturated/α-hetero) is 2. The van der Waals surface area contributed by atoms with Crippen LogP contribution in [0.2, 0.25) is 18.1 Å². The maximum absolute atomic E-state index is 13.1. The van der Waals surface area contributed by atoms with Crippen LogP contribution in [0.5, 0.6) is 5.75 Å². The molecule has 234 valence electrons. The molecule has 0 aliphatic carbocycles. The zero-order valence-corrected chi connectivity index (χ0v) is 28.1. The fourth-order valence-electron chi connectivity index (χ4n) is 3.99. The van der Waals surface area contributed by atoms with E-state index in [4.69, 9.17) is 18.6 Å². The van der Waals surface area contributed by atoms with Crippen LogP contribution < -0.4 is 4.74 Å². The fraction of sp³-hybridized carbons (Fsp3) is 0.588. The highest BCUT2D eigenvalue weighted by molar-refractivity contribution is 6.74. The van der Waals surface area contributed by atoms with E-state index in [2.05, 4.69) is 33.9 Å². The van der Waals surface area contributed by atoms with Gasteiger partial charge in [-0.3, -0.25) is 9.59 Å². The number of ketones is 2. The van der Waals surface area contributed by atoms with Gasteiger partial charge in [-0.05, 0) is 48.3 Å². The second-order valence-electron chi connectivity index (χ2n) is 13.4. The molecule has 2 rings (SSSR count). The van der Waals surface area contributed by atoms with E-state index in [1.165, 1.54) is 0 Å². The van der Waals surface area contributed by atoms with Gasteiger partial charge in [0.1, 0.15) is 17.3 Å². The summed E-state index contributed by atoms with van der Waals surface area (Å²) in [5, 5.41) is 10.9. The van der Waals surface area contributed by atoms with Gasteiger partial charge in [0.2, 0.25) is 0 Å². The lowest BCUT2D eigenvalue weighted by Crippen LogP contribution is -2.44. The van der Waals surface area contributed by atoms with Crippen LogP contribution in [0.4, 0.5) is 0 Å². The number of aliphatic hydroxyl groups is 1. The van der Waals surface area contributed by atoms with E-state index in [1.807, 2.05) is 75.4 Å². The van der Waals surface area contributed by atoms with Crippen molar-refractivity contribution in [2.75, 3.05) is 13.7 Å². The molecule has 8 heteroatoms. The first-order chi connectivity index (χ1) is 19.5. The van der Waals surface area contributed by atoms with Gasteiger partial charge < -0.3 is 23.7 Å². The first-order valence-corrected chi connectivity index (χ1v) is 17.7. The molecule has 0 amide bonds. The van der Waals surface area contributed by atoms with Gasteiger partial charge in [-0.2, -0.15) is 0 Å². The molecule has 0 fully saturated rings. The van der Waals surface area contributed by atoms with Crippen molar-refractivity contribution in [2.24, 2.45) is 5.41 Å². The number of ether oxygens (including phenoxy) is 3. The normalized spacial score (nSPS) is 14.7. The lowest BCUT2D eigenvalue weighted by molar-refractivity contribution is -0.134. The molecule has 2 aromatic carbocycles. The van der Waals surface area contributed by atoms with Gasteiger partial charge in [-0.1, -0.05) is 77.1 Å². The van der Waals surface area contributed by atoms with Crippen molar-refractivity contribution in [1.82, 2.24) is 0 Å². The van der Waals surface area contributed by atoms with Crippen LogP contribution in [0.1, 0.15) is 71.9 Å². The smallest absolute Gasteiger partial charge is 0.192 e. The molecule has 2 aromatic rings. The Labute approximate surface area is 254 Å². The average molecular weight is 601 g/mol. The molecule has 0 aliphatic heterocycles. The third kappa shape index (κ3) is 11.7. The summed E-state index contributed by atoms with van der Waals surface area (Å²) in [6.45, 7) is 17.3. The van der Waals surface area contributed by atoms with E-state index in [-0.39, 0.29) is 48.6 Å². The largest absolute Gasteiger partial charge is 0.497 e. The lowest BCUT2D eigenvalue weighted by atomic mass is 9.85. The quantitative estimate of drug-likeness (QED) is 0.147. The zero-order chi connectivity index (χ0) is 31.6. The second-order valence-corrected chi connectivity index (χ2v) is 18.2. The Hall–Kier alpha value is -2.36. The topological polar surface area (TPSA) is 91.3 Å². The van der Waals surface area contributed by atoms with Gasteiger partial charge >= 0.3 is 0 Å². The first-order valence-electron chi connectivity index (χ1n) is 14.8. The number of aliphatic hydroxyl groups excluding tert-OH is 1. The highest BCUT2D eigenvalue weighted by Crippen LogP contribution is 2.38. The van der Waals surface area contributed by atoms with E-state index >= 15 is 0 Å². The molecule has 0 aliphatic rings. The Morgan fingerprint density at radius 3 is 2.02 bits per heavy atom. The minimum Gasteiger partial charge on any atom is -0.497 e. The van der Waals surface area contributed by atoms with Crippen LogP contribution in [0, 0.1) is 5.41 Å². The fourth-order valence-corrected chi connectivity index (χ4v) is 5.15. The third-order valence-corrected chi connectivity index (χ3v) is 12.7. The Kier molecular flexibility index (Phi) is 13.6. The van der Waals surface area contributed by atoms with Crippen LogP contribution in [0.25, 0.3) is 0 Å². The number of hydrogen-bond donors (Lipinski definition) is 1. The Balaban J connectivity index is 1.98. The van der Waals surface area contributed by atoms with Crippen LogP contribution >= 0.6 is 0 Å². The number of hydrogen-bond acceptors (Lipinski definition) is 7. The SMILES string of the molecule is COc1ccc(COC(CC(O)CC(=O)CC(=O)C(C)(C)CO[Si](C)(C)C(C)(C)C)[C@H](C)OCc2ccccc2)cc1. The van der Waals surface area contributed by atoms with Crippen LogP contribution in [0.3, 0.4) is 0 Å². The van der Waals surface area contributed by atoms with Crippen molar-refractivity contribution in [3.8, 4) is 5.75 Å². The van der Waals surface area contributed by atoms with Crippen LogP contribution in [-0.4, -0.2) is 57.0 Å². The van der Waals surface area contributed by atoms with E-state index in [0.717, 1.165) is 16.9 Å². The Morgan fingerprint density at radius 2 is 1.45 bits per heavy atom. The number of methoxy groups -OCH3 is 1. The third-order valence-electron chi connectivity index (χ3n) is 8.18. The molecule has 0 saturated heterocycles. The van der Waals surface area contributed by atoms with Crippen molar-refractivity contribution < 1.29 is 33.3 Å².